The highest BCUT2D eigenvalue weighted by atomic mass is 32.1. The van der Waals surface area contributed by atoms with Crippen LogP contribution < -0.4 is 0 Å². The number of rotatable bonds is 4. The van der Waals surface area contributed by atoms with Crippen molar-refractivity contribution in [2.24, 2.45) is 0 Å². The van der Waals surface area contributed by atoms with E-state index in [0.717, 1.165) is 44.7 Å². The topological polar surface area (TPSA) is 29.0 Å². The third kappa shape index (κ3) is 3.01. The molecule has 0 radical (unpaired) electrons. The maximum Gasteiger partial charge on any atom is 0.128 e. The van der Waals surface area contributed by atoms with Crippen LogP contribution in [0.1, 0.15) is 36.0 Å². The van der Waals surface area contributed by atoms with Crippen molar-refractivity contribution >= 4 is 21.4 Å². The van der Waals surface area contributed by atoms with E-state index < -0.39 is 0 Å². The monoisotopic (exact) mass is 323 g/mol. The van der Waals surface area contributed by atoms with E-state index in [1.54, 1.807) is 0 Å². The van der Waals surface area contributed by atoms with Crippen LogP contribution in [-0.2, 0) is 25.9 Å². The third-order valence-electron chi connectivity index (χ3n) is 4.49. The van der Waals surface area contributed by atoms with Gasteiger partial charge in [-0.1, -0.05) is 25.1 Å². The minimum Gasteiger partial charge on any atom is -0.294 e. The molecule has 4 heteroatoms. The second kappa shape index (κ2) is 6.38. The van der Waals surface area contributed by atoms with Crippen LogP contribution in [0.15, 0.2) is 35.8 Å². The molecule has 1 aromatic carbocycles. The molecule has 0 saturated carbocycles. The number of fused-ring (bicyclic) bond motifs is 2. The third-order valence-corrected chi connectivity index (χ3v) is 5.50. The van der Waals surface area contributed by atoms with E-state index in [0.29, 0.717) is 0 Å². The lowest BCUT2D eigenvalue weighted by molar-refractivity contribution is 0.243. The fourth-order valence-electron chi connectivity index (χ4n) is 3.29. The molecule has 0 bridgehead atoms. The molecule has 3 nitrogen and oxygen atoms in total. The lowest BCUT2D eigenvalue weighted by Gasteiger charge is -2.27. The molecule has 0 aliphatic carbocycles. The molecule has 23 heavy (non-hydrogen) atoms. The van der Waals surface area contributed by atoms with E-state index in [2.05, 4.69) is 46.5 Å². The van der Waals surface area contributed by atoms with Gasteiger partial charge in [-0.25, -0.2) is 9.97 Å². The highest BCUT2D eigenvalue weighted by Gasteiger charge is 2.19. The van der Waals surface area contributed by atoms with Crippen LogP contribution in [0.2, 0.25) is 0 Å². The lowest BCUT2D eigenvalue weighted by atomic mass is 10.1. The summed E-state index contributed by atoms with van der Waals surface area (Å²) in [7, 11) is 0. The molecule has 1 aliphatic rings. The fraction of sp³-hybridized carbons (Fsp3) is 0.368. The zero-order valence-corrected chi connectivity index (χ0v) is 14.3. The van der Waals surface area contributed by atoms with Gasteiger partial charge in [0.15, 0.2) is 0 Å². The van der Waals surface area contributed by atoms with Gasteiger partial charge >= 0.3 is 0 Å². The molecule has 3 aromatic rings. The number of nitrogens with zero attached hydrogens (tertiary/aromatic N) is 3. The molecule has 0 saturated heterocycles. The molecule has 0 unspecified atom stereocenters. The van der Waals surface area contributed by atoms with Gasteiger partial charge in [-0.15, -0.1) is 11.3 Å². The molecule has 0 amide bonds. The van der Waals surface area contributed by atoms with E-state index in [1.807, 2.05) is 17.5 Å². The molecule has 0 N–H and O–H groups in total. The normalized spacial score (nSPS) is 15.0. The average molecular weight is 323 g/mol. The quantitative estimate of drug-likeness (QED) is 0.720. The average Bonchev–Trinajstić information content (AvgIpc) is 2.98. The van der Waals surface area contributed by atoms with Crippen LogP contribution in [0.4, 0.5) is 0 Å². The first-order valence-corrected chi connectivity index (χ1v) is 9.22. The number of thiophene rings is 1. The molecule has 1 aliphatic heterocycles. The van der Waals surface area contributed by atoms with E-state index >= 15 is 0 Å². The summed E-state index contributed by atoms with van der Waals surface area (Å²) < 4.78 is 1.38. The Kier molecular flexibility index (Phi) is 4.10. The summed E-state index contributed by atoms with van der Waals surface area (Å²) in [6, 6.07) is 8.69. The Labute approximate surface area is 141 Å². The largest absolute Gasteiger partial charge is 0.294 e. The van der Waals surface area contributed by atoms with Crippen LogP contribution >= 0.6 is 11.3 Å². The van der Waals surface area contributed by atoms with Gasteiger partial charge in [0, 0.05) is 54.6 Å². The maximum absolute atomic E-state index is 4.75. The highest BCUT2D eigenvalue weighted by Crippen LogP contribution is 2.28. The zero-order valence-electron chi connectivity index (χ0n) is 13.5. The first-order valence-electron chi connectivity index (χ1n) is 8.34. The summed E-state index contributed by atoms with van der Waals surface area (Å²) in [5.74, 6) is 1.00. The first kappa shape index (κ1) is 14.8. The summed E-state index contributed by atoms with van der Waals surface area (Å²) >= 11 is 1.84. The van der Waals surface area contributed by atoms with Crippen molar-refractivity contribution in [1.82, 2.24) is 14.9 Å². The number of aromatic nitrogens is 2. The van der Waals surface area contributed by atoms with Crippen molar-refractivity contribution in [3.8, 4) is 0 Å². The number of benzene rings is 1. The Morgan fingerprint density at radius 2 is 2.17 bits per heavy atom. The summed E-state index contributed by atoms with van der Waals surface area (Å²) in [5, 5.41) is 3.71. The molecule has 0 fully saturated rings. The molecule has 0 atom stereocenters. The standard InChI is InChI=1S/C19H21N3S/c1-2-5-19-20-10-14-11-22(9-8-17(14)21-19)12-15-13-23-18-7-4-3-6-16(15)18/h3-4,6-7,10,13H,2,5,8-9,11-12H2,1H3. The number of hydrogen-bond acceptors (Lipinski definition) is 4. The second-order valence-corrected chi connectivity index (χ2v) is 7.14. The van der Waals surface area contributed by atoms with Gasteiger partial charge in [0.25, 0.3) is 0 Å². The van der Waals surface area contributed by atoms with E-state index in [4.69, 9.17) is 4.98 Å². The molecule has 118 valence electrons. The van der Waals surface area contributed by atoms with Crippen molar-refractivity contribution in [1.29, 1.82) is 0 Å². The van der Waals surface area contributed by atoms with Gasteiger partial charge in [0.05, 0.1) is 0 Å². The Bertz CT molecular complexity index is 824. The lowest BCUT2D eigenvalue weighted by Crippen LogP contribution is -2.31. The van der Waals surface area contributed by atoms with Gasteiger partial charge in [-0.3, -0.25) is 4.90 Å². The minimum atomic E-state index is 0.964. The Hall–Kier alpha value is -1.78. The van der Waals surface area contributed by atoms with Crippen LogP contribution in [0, 0.1) is 0 Å². The van der Waals surface area contributed by atoms with Gasteiger partial charge in [0.2, 0.25) is 0 Å². The van der Waals surface area contributed by atoms with Crippen LogP contribution in [-0.4, -0.2) is 21.4 Å². The maximum atomic E-state index is 4.75. The van der Waals surface area contributed by atoms with E-state index in [-0.39, 0.29) is 0 Å². The summed E-state index contributed by atoms with van der Waals surface area (Å²) in [6.45, 7) is 5.24. The van der Waals surface area contributed by atoms with Gasteiger partial charge in [-0.05, 0) is 28.8 Å². The second-order valence-electron chi connectivity index (χ2n) is 6.23. The van der Waals surface area contributed by atoms with E-state index in [1.165, 1.54) is 26.9 Å². The minimum absolute atomic E-state index is 0.964. The van der Waals surface area contributed by atoms with E-state index in [9.17, 15) is 0 Å². The molecule has 4 rings (SSSR count). The highest BCUT2D eigenvalue weighted by molar-refractivity contribution is 7.17. The van der Waals surface area contributed by atoms with Crippen molar-refractivity contribution < 1.29 is 0 Å². The fourth-order valence-corrected chi connectivity index (χ4v) is 4.25. The zero-order chi connectivity index (χ0) is 15.6. The summed E-state index contributed by atoms with van der Waals surface area (Å²) in [4.78, 5) is 11.8. The Morgan fingerprint density at radius 1 is 1.26 bits per heavy atom. The Morgan fingerprint density at radius 3 is 3.09 bits per heavy atom. The number of aryl methyl sites for hydroxylation is 1. The van der Waals surface area contributed by atoms with Crippen LogP contribution in [0.3, 0.4) is 0 Å². The molecular weight excluding hydrogens is 302 g/mol. The van der Waals surface area contributed by atoms with Gasteiger partial charge in [-0.2, -0.15) is 0 Å². The number of hydrogen-bond donors (Lipinski definition) is 0. The first-order chi connectivity index (χ1) is 11.3. The van der Waals surface area contributed by atoms with Crippen LogP contribution in [0.5, 0.6) is 0 Å². The summed E-state index contributed by atoms with van der Waals surface area (Å²) in [6.07, 6.45) is 5.18. The molecular formula is C19H21N3S. The molecule has 0 spiro atoms. The van der Waals surface area contributed by atoms with Crippen molar-refractivity contribution in [3.63, 3.8) is 0 Å². The molecule has 3 heterocycles. The summed E-state index contributed by atoms with van der Waals surface area (Å²) in [5.41, 5.74) is 4.00. The predicted molar refractivity (Wildman–Crippen MR) is 95.7 cm³/mol. The van der Waals surface area contributed by atoms with Crippen molar-refractivity contribution in [2.45, 2.75) is 39.3 Å². The van der Waals surface area contributed by atoms with Crippen molar-refractivity contribution in [2.75, 3.05) is 6.54 Å². The van der Waals surface area contributed by atoms with Gasteiger partial charge < -0.3 is 0 Å². The predicted octanol–water partition coefficient (Wildman–Crippen LogP) is 4.20. The smallest absolute Gasteiger partial charge is 0.128 e. The Balaban J connectivity index is 1.52. The van der Waals surface area contributed by atoms with Crippen LogP contribution in [0.25, 0.3) is 10.1 Å². The SMILES string of the molecule is CCCc1ncc2c(n1)CCN(Cc1csc3ccccc13)C2. The molecule has 2 aromatic heterocycles. The van der Waals surface area contributed by atoms with Gasteiger partial charge in [0.1, 0.15) is 5.82 Å². The van der Waals surface area contributed by atoms with Crippen molar-refractivity contribution in [3.05, 3.63) is 58.5 Å².